The predicted molar refractivity (Wildman–Crippen MR) is 69.1 cm³/mol. The summed E-state index contributed by atoms with van der Waals surface area (Å²) in [5.74, 6) is -0.369. The second kappa shape index (κ2) is 5.39. The smallest absolute Gasteiger partial charge is 0.244 e. The molecule has 0 heterocycles. The number of nitriles is 1. The summed E-state index contributed by atoms with van der Waals surface area (Å²) in [5, 5.41) is 12.5. The molecule has 1 aromatic rings. The number of nitrogens with one attached hydrogen (secondary N) is 1. The first kappa shape index (κ1) is 13.8. The second-order valence-corrected chi connectivity index (χ2v) is 4.72. The van der Waals surface area contributed by atoms with Crippen LogP contribution in [0.2, 0.25) is 10.0 Å². The van der Waals surface area contributed by atoms with Gasteiger partial charge >= 0.3 is 0 Å². The van der Waals surface area contributed by atoms with Crippen molar-refractivity contribution < 1.29 is 4.79 Å². The Kier molecular flexibility index (Phi) is 4.39. The molecule has 0 aliphatic rings. The Morgan fingerprint density at radius 3 is 2.65 bits per heavy atom. The van der Waals surface area contributed by atoms with E-state index in [9.17, 15) is 4.79 Å². The molecular formula is C12H12Cl2N2O. The number of anilines is 1. The Labute approximate surface area is 110 Å². The van der Waals surface area contributed by atoms with Gasteiger partial charge in [0.25, 0.3) is 0 Å². The highest BCUT2D eigenvalue weighted by Crippen LogP contribution is 2.28. The van der Waals surface area contributed by atoms with Crippen LogP contribution in [0.15, 0.2) is 18.2 Å². The summed E-state index contributed by atoms with van der Waals surface area (Å²) in [6.45, 7) is 3.37. The zero-order valence-corrected chi connectivity index (χ0v) is 11.1. The van der Waals surface area contributed by atoms with Crippen LogP contribution in [0.3, 0.4) is 0 Å². The average molecular weight is 271 g/mol. The van der Waals surface area contributed by atoms with Gasteiger partial charge in [-0.2, -0.15) is 5.26 Å². The summed E-state index contributed by atoms with van der Waals surface area (Å²) in [7, 11) is 0. The minimum atomic E-state index is -1.05. The van der Waals surface area contributed by atoms with Crippen LogP contribution >= 0.6 is 23.2 Å². The summed E-state index contributed by atoms with van der Waals surface area (Å²) in [4.78, 5) is 11.9. The summed E-state index contributed by atoms with van der Waals surface area (Å²) in [5.41, 5.74) is -0.598. The van der Waals surface area contributed by atoms with E-state index in [1.54, 1.807) is 26.0 Å². The summed E-state index contributed by atoms with van der Waals surface area (Å²) in [6.07, 6.45) is 0.431. The molecule has 0 aromatic heterocycles. The molecule has 5 heteroatoms. The van der Waals surface area contributed by atoms with Crippen LogP contribution in [0, 0.1) is 16.7 Å². The molecule has 0 saturated carbocycles. The van der Waals surface area contributed by atoms with Gasteiger partial charge in [-0.1, -0.05) is 30.1 Å². The van der Waals surface area contributed by atoms with Crippen LogP contribution in [0.5, 0.6) is 0 Å². The predicted octanol–water partition coefficient (Wildman–Crippen LogP) is 3.87. The van der Waals surface area contributed by atoms with Crippen LogP contribution in [-0.4, -0.2) is 5.91 Å². The molecule has 1 atom stereocenters. The maximum Gasteiger partial charge on any atom is 0.244 e. The molecule has 1 unspecified atom stereocenters. The number of amides is 1. The maximum atomic E-state index is 11.9. The van der Waals surface area contributed by atoms with Crippen LogP contribution in [0.4, 0.5) is 5.69 Å². The third-order valence-corrected chi connectivity index (χ3v) is 3.18. The molecule has 0 bridgehead atoms. The van der Waals surface area contributed by atoms with Gasteiger partial charge in [0.2, 0.25) is 5.91 Å². The fourth-order valence-electron chi connectivity index (χ4n) is 1.14. The first-order valence-corrected chi connectivity index (χ1v) is 5.86. The standard InChI is InChI=1S/C12H12Cl2N2O/c1-3-12(2,7-15)11(17)16-10-5-4-8(13)6-9(10)14/h4-6H,3H2,1-2H3,(H,16,17). The van der Waals surface area contributed by atoms with E-state index < -0.39 is 5.41 Å². The Morgan fingerprint density at radius 1 is 1.53 bits per heavy atom. The fraction of sp³-hybridized carbons (Fsp3) is 0.333. The molecular weight excluding hydrogens is 259 g/mol. The van der Waals surface area contributed by atoms with Gasteiger partial charge in [0, 0.05) is 5.02 Å². The van der Waals surface area contributed by atoms with E-state index in [2.05, 4.69) is 5.32 Å². The number of rotatable bonds is 3. The number of benzene rings is 1. The molecule has 90 valence electrons. The maximum absolute atomic E-state index is 11.9. The summed E-state index contributed by atoms with van der Waals surface area (Å²) < 4.78 is 0. The van der Waals surface area contributed by atoms with Gasteiger partial charge in [-0.3, -0.25) is 4.79 Å². The largest absolute Gasteiger partial charge is 0.323 e. The number of carbonyl (C=O) groups is 1. The Balaban J connectivity index is 2.93. The van der Waals surface area contributed by atoms with Crippen molar-refractivity contribution in [2.45, 2.75) is 20.3 Å². The summed E-state index contributed by atoms with van der Waals surface area (Å²) >= 11 is 11.7. The highest BCUT2D eigenvalue weighted by atomic mass is 35.5. The highest BCUT2D eigenvalue weighted by molar-refractivity contribution is 6.36. The number of hydrogen-bond donors (Lipinski definition) is 1. The highest BCUT2D eigenvalue weighted by Gasteiger charge is 2.31. The van der Waals surface area contributed by atoms with E-state index in [0.717, 1.165) is 0 Å². The molecule has 3 nitrogen and oxygen atoms in total. The van der Waals surface area contributed by atoms with E-state index in [0.29, 0.717) is 22.2 Å². The molecule has 0 radical (unpaired) electrons. The Hall–Kier alpha value is -1.24. The lowest BCUT2D eigenvalue weighted by molar-refractivity contribution is -0.122. The molecule has 0 aliphatic carbocycles. The number of halogens is 2. The zero-order chi connectivity index (χ0) is 13.1. The number of hydrogen-bond acceptors (Lipinski definition) is 2. The van der Waals surface area contributed by atoms with Gasteiger partial charge < -0.3 is 5.32 Å². The van der Waals surface area contributed by atoms with Gasteiger partial charge in [-0.05, 0) is 31.5 Å². The SMILES string of the molecule is CCC(C)(C#N)C(=O)Nc1ccc(Cl)cc1Cl. The monoisotopic (exact) mass is 270 g/mol. The van der Waals surface area contributed by atoms with Gasteiger partial charge in [0.05, 0.1) is 16.8 Å². The molecule has 0 saturated heterocycles. The van der Waals surface area contributed by atoms with Crippen molar-refractivity contribution in [3.05, 3.63) is 28.2 Å². The third kappa shape index (κ3) is 3.12. The normalized spacial score (nSPS) is 13.6. The molecule has 1 N–H and O–H groups in total. The molecule has 1 amide bonds. The van der Waals surface area contributed by atoms with Crippen molar-refractivity contribution in [3.63, 3.8) is 0 Å². The first-order valence-electron chi connectivity index (χ1n) is 5.10. The molecule has 1 aromatic carbocycles. The summed E-state index contributed by atoms with van der Waals surface area (Å²) in [6, 6.07) is 6.76. The number of carbonyl (C=O) groups excluding carboxylic acids is 1. The van der Waals surface area contributed by atoms with E-state index in [-0.39, 0.29) is 5.91 Å². The minimum Gasteiger partial charge on any atom is -0.323 e. The Morgan fingerprint density at radius 2 is 2.18 bits per heavy atom. The average Bonchev–Trinajstić information content (AvgIpc) is 2.31. The van der Waals surface area contributed by atoms with E-state index in [1.807, 2.05) is 6.07 Å². The van der Waals surface area contributed by atoms with E-state index in [4.69, 9.17) is 28.5 Å². The van der Waals surface area contributed by atoms with Crippen LogP contribution < -0.4 is 5.32 Å². The van der Waals surface area contributed by atoms with Gasteiger partial charge in [0.15, 0.2) is 0 Å². The lowest BCUT2D eigenvalue weighted by Gasteiger charge is -2.19. The molecule has 0 fully saturated rings. The van der Waals surface area contributed by atoms with Crippen molar-refractivity contribution >= 4 is 34.8 Å². The zero-order valence-electron chi connectivity index (χ0n) is 9.55. The van der Waals surface area contributed by atoms with Gasteiger partial charge in [-0.15, -0.1) is 0 Å². The quantitative estimate of drug-likeness (QED) is 0.907. The lowest BCUT2D eigenvalue weighted by atomic mass is 9.88. The van der Waals surface area contributed by atoms with Crippen molar-refractivity contribution in [3.8, 4) is 6.07 Å². The molecule has 1 rings (SSSR count). The van der Waals surface area contributed by atoms with Crippen LogP contribution in [0.1, 0.15) is 20.3 Å². The van der Waals surface area contributed by atoms with Crippen molar-refractivity contribution in [2.24, 2.45) is 5.41 Å². The van der Waals surface area contributed by atoms with Crippen LogP contribution in [0.25, 0.3) is 0 Å². The first-order chi connectivity index (χ1) is 7.92. The topological polar surface area (TPSA) is 52.9 Å². The minimum absolute atomic E-state index is 0.349. The van der Waals surface area contributed by atoms with Crippen molar-refractivity contribution in [2.75, 3.05) is 5.32 Å². The second-order valence-electron chi connectivity index (χ2n) is 3.88. The Bertz CT molecular complexity index is 482. The van der Waals surface area contributed by atoms with Crippen molar-refractivity contribution in [1.29, 1.82) is 5.26 Å². The lowest BCUT2D eigenvalue weighted by Crippen LogP contribution is -2.31. The number of nitrogens with zero attached hydrogens (tertiary/aromatic N) is 1. The van der Waals surface area contributed by atoms with Crippen molar-refractivity contribution in [1.82, 2.24) is 0 Å². The van der Waals surface area contributed by atoms with Gasteiger partial charge in [-0.25, -0.2) is 0 Å². The van der Waals surface area contributed by atoms with E-state index in [1.165, 1.54) is 6.07 Å². The third-order valence-electron chi connectivity index (χ3n) is 2.63. The van der Waals surface area contributed by atoms with E-state index >= 15 is 0 Å². The molecule has 17 heavy (non-hydrogen) atoms. The molecule has 0 aliphatic heterocycles. The fourth-order valence-corrected chi connectivity index (χ4v) is 1.60. The molecule has 0 spiro atoms. The van der Waals surface area contributed by atoms with Gasteiger partial charge in [0.1, 0.15) is 5.41 Å². The van der Waals surface area contributed by atoms with Crippen LogP contribution in [-0.2, 0) is 4.79 Å².